The van der Waals surface area contributed by atoms with Crippen molar-refractivity contribution in [2.45, 2.75) is 5.41 Å². The lowest BCUT2D eigenvalue weighted by Gasteiger charge is -2.36. The Kier molecular flexibility index (Phi) is 5.45. The standard InChI is InChI=1S/C30H25NO2/c1-33-28-15-9-8-14-26(28)30(23-12-6-3-7-13-23,24-16-18-25(32)19-17-24)29-21-20-27(31-29)22-10-4-2-5-11-22/h2-21,31-32H,1H3/t30-/m1/s1. The molecule has 3 nitrogen and oxygen atoms in total. The molecule has 1 aromatic heterocycles. The maximum atomic E-state index is 10.1. The highest BCUT2D eigenvalue weighted by Gasteiger charge is 2.41. The summed E-state index contributed by atoms with van der Waals surface area (Å²) in [6, 6.07) is 40.6. The van der Waals surface area contributed by atoms with Gasteiger partial charge in [0.25, 0.3) is 0 Å². The Labute approximate surface area is 194 Å². The van der Waals surface area contributed by atoms with Gasteiger partial charge in [-0.1, -0.05) is 91.0 Å². The third-order valence-electron chi connectivity index (χ3n) is 6.19. The molecule has 0 unspecified atom stereocenters. The average molecular weight is 432 g/mol. The Morgan fingerprint density at radius 2 is 1.24 bits per heavy atom. The van der Waals surface area contributed by atoms with Gasteiger partial charge in [0.15, 0.2) is 0 Å². The molecule has 0 aliphatic rings. The number of rotatable bonds is 6. The fourth-order valence-electron chi connectivity index (χ4n) is 4.69. The summed E-state index contributed by atoms with van der Waals surface area (Å²) in [5.41, 5.74) is 5.64. The zero-order chi connectivity index (χ0) is 22.7. The molecule has 0 spiro atoms. The molecular formula is C30H25NO2. The first-order valence-electron chi connectivity index (χ1n) is 11.0. The first kappa shape index (κ1) is 20.7. The van der Waals surface area contributed by atoms with Gasteiger partial charge in [-0.15, -0.1) is 0 Å². The van der Waals surface area contributed by atoms with E-state index in [1.807, 2.05) is 54.6 Å². The Hall–Kier alpha value is -4.24. The van der Waals surface area contributed by atoms with E-state index in [9.17, 15) is 5.11 Å². The quantitative estimate of drug-likeness (QED) is 0.291. The molecule has 0 saturated carbocycles. The average Bonchev–Trinajstić information content (AvgIpc) is 3.38. The first-order valence-corrected chi connectivity index (χ1v) is 11.0. The van der Waals surface area contributed by atoms with E-state index in [1.165, 1.54) is 0 Å². The summed E-state index contributed by atoms with van der Waals surface area (Å²) < 4.78 is 5.87. The zero-order valence-corrected chi connectivity index (χ0v) is 18.4. The van der Waals surface area contributed by atoms with Gasteiger partial charge in [0.2, 0.25) is 0 Å². The van der Waals surface area contributed by atoms with Gasteiger partial charge < -0.3 is 14.8 Å². The molecule has 0 radical (unpaired) electrons. The molecular weight excluding hydrogens is 406 g/mol. The number of aromatic hydroxyl groups is 1. The lowest BCUT2D eigenvalue weighted by atomic mass is 9.67. The number of hydrogen-bond donors (Lipinski definition) is 2. The van der Waals surface area contributed by atoms with Gasteiger partial charge in [0.05, 0.1) is 12.5 Å². The summed E-state index contributed by atoms with van der Waals surface area (Å²) >= 11 is 0. The molecule has 2 N–H and O–H groups in total. The molecule has 4 aromatic carbocycles. The topological polar surface area (TPSA) is 45.2 Å². The molecule has 162 valence electrons. The number of aromatic nitrogens is 1. The van der Waals surface area contributed by atoms with Crippen LogP contribution >= 0.6 is 0 Å². The van der Waals surface area contributed by atoms with E-state index in [0.29, 0.717) is 0 Å². The number of benzene rings is 4. The molecule has 5 aromatic rings. The van der Waals surface area contributed by atoms with Crippen molar-refractivity contribution in [2.24, 2.45) is 0 Å². The highest BCUT2D eigenvalue weighted by atomic mass is 16.5. The van der Waals surface area contributed by atoms with Crippen LogP contribution in [0.3, 0.4) is 0 Å². The highest BCUT2D eigenvalue weighted by Crippen LogP contribution is 2.48. The van der Waals surface area contributed by atoms with Crippen LogP contribution in [0.2, 0.25) is 0 Å². The number of phenolic OH excluding ortho intramolecular Hbond substituents is 1. The number of methoxy groups -OCH3 is 1. The minimum atomic E-state index is -0.686. The van der Waals surface area contributed by atoms with Crippen LogP contribution in [0, 0.1) is 0 Å². The summed E-state index contributed by atoms with van der Waals surface area (Å²) in [5, 5.41) is 10.1. The predicted octanol–water partition coefficient (Wildman–Crippen LogP) is 6.78. The molecule has 0 aliphatic carbocycles. The third kappa shape index (κ3) is 3.58. The predicted molar refractivity (Wildman–Crippen MR) is 133 cm³/mol. The molecule has 1 atom stereocenters. The molecule has 33 heavy (non-hydrogen) atoms. The van der Waals surface area contributed by atoms with Gasteiger partial charge >= 0.3 is 0 Å². The molecule has 0 amide bonds. The first-order chi connectivity index (χ1) is 16.2. The maximum Gasteiger partial charge on any atom is 0.123 e. The normalized spacial score (nSPS) is 12.8. The molecule has 0 aliphatic heterocycles. The SMILES string of the molecule is COc1ccccc1[C@@](c1ccccc1)(c1ccc(O)cc1)c1ccc(-c2ccccc2)[nH]1. The van der Waals surface area contributed by atoms with E-state index < -0.39 is 5.41 Å². The minimum absolute atomic E-state index is 0.234. The largest absolute Gasteiger partial charge is 0.508 e. The van der Waals surface area contributed by atoms with Crippen LogP contribution in [0.15, 0.2) is 121 Å². The maximum absolute atomic E-state index is 10.1. The van der Waals surface area contributed by atoms with Crippen molar-refractivity contribution in [1.82, 2.24) is 4.98 Å². The number of para-hydroxylation sites is 1. The number of nitrogens with one attached hydrogen (secondary N) is 1. The van der Waals surface area contributed by atoms with Crippen molar-refractivity contribution in [3.05, 3.63) is 144 Å². The van der Waals surface area contributed by atoms with Crippen molar-refractivity contribution in [3.8, 4) is 22.8 Å². The Morgan fingerprint density at radius 1 is 0.636 bits per heavy atom. The van der Waals surface area contributed by atoms with Crippen LogP contribution in [0.5, 0.6) is 11.5 Å². The molecule has 0 fully saturated rings. The van der Waals surface area contributed by atoms with E-state index in [1.54, 1.807) is 19.2 Å². The van der Waals surface area contributed by atoms with Gasteiger partial charge in [-0.25, -0.2) is 0 Å². The van der Waals surface area contributed by atoms with Crippen LogP contribution in [0.1, 0.15) is 22.4 Å². The van der Waals surface area contributed by atoms with Crippen molar-refractivity contribution in [2.75, 3.05) is 7.11 Å². The highest BCUT2D eigenvalue weighted by molar-refractivity contribution is 5.66. The minimum Gasteiger partial charge on any atom is -0.508 e. The van der Waals surface area contributed by atoms with Gasteiger partial charge in [0, 0.05) is 17.0 Å². The Bertz CT molecular complexity index is 1340. The van der Waals surface area contributed by atoms with E-state index >= 15 is 0 Å². The summed E-state index contributed by atoms with van der Waals surface area (Å²) in [6.07, 6.45) is 0. The molecule has 0 saturated heterocycles. The van der Waals surface area contributed by atoms with Crippen LogP contribution in [-0.2, 0) is 5.41 Å². The van der Waals surface area contributed by atoms with Gasteiger partial charge in [-0.05, 0) is 47.0 Å². The Morgan fingerprint density at radius 3 is 1.94 bits per heavy atom. The number of aromatic amines is 1. The Balaban J connectivity index is 1.87. The van der Waals surface area contributed by atoms with Crippen molar-refractivity contribution >= 4 is 0 Å². The zero-order valence-electron chi connectivity index (χ0n) is 18.4. The summed E-state index contributed by atoms with van der Waals surface area (Å²) in [6.45, 7) is 0. The fourth-order valence-corrected chi connectivity index (χ4v) is 4.69. The number of phenols is 1. The van der Waals surface area contributed by atoms with E-state index in [-0.39, 0.29) is 5.75 Å². The van der Waals surface area contributed by atoms with Gasteiger partial charge in [-0.2, -0.15) is 0 Å². The van der Waals surface area contributed by atoms with Crippen molar-refractivity contribution < 1.29 is 9.84 Å². The van der Waals surface area contributed by atoms with Crippen LogP contribution in [-0.4, -0.2) is 17.2 Å². The van der Waals surface area contributed by atoms with Crippen LogP contribution in [0.25, 0.3) is 11.3 Å². The van der Waals surface area contributed by atoms with E-state index in [2.05, 4.69) is 59.6 Å². The molecule has 1 heterocycles. The summed E-state index contributed by atoms with van der Waals surface area (Å²) in [5.74, 6) is 1.03. The molecule has 5 rings (SSSR count). The second-order valence-corrected chi connectivity index (χ2v) is 8.01. The van der Waals surface area contributed by atoms with Gasteiger partial charge in [-0.3, -0.25) is 0 Å². The van der Waals surface area contributed by atoms with Gasteiger partial charge in [0.1, 0.15) is 11.5 Å². The number of ether oxygens (including phenoxy) is 1. The molecule has 3 heteroatoms. The third-order valence-corrected chi connectivity index (χ3v) is 6.19. The van der Waals surface area contributed by atoms with Crippen molar-refractivity contribution in [1.29, 1.82) is 0 Å². The van der Waals surface area contributed by atoms with Crippen molar-refractivity contribution in [3.63, 3.8) is 0 Å². The fraction of sp³-hybridized carbons (Fsp3) is 0.0667. The van der Waals surface area contributed by atoms with Crippen LogP contribution in [0.4, 0.5) is 0 Å². The number of H-pyrrole nitrogens is 1. The lowest BCUT2D eigenvalue weighted by molar-refractivity contribution is 0.404. The van der Waals surface area contributed by atoms with Crippen LogP contribution < -0.4 is 4.74 Å². The molecule has 0 bridgehead atoms. The second kappa shape index (κ2) is 8.71. The lowest BCUT2D eigenvalue weighted by Crippen LogP contribution is -2.32. The second-order valence-electron chi connectivity index (χ2n) is 8.01. The smallest absolute Gasteiger partial charge is 0.123 e. The monoisotopic (exact) mass is 431 g/mol. The van der Waals surface area contributed by atoms with E-state index in [0.717, 1.165) is 39.4 Å². The number of hydrogen-bond acceptors (Lipinski definition) is 2. The summed E-state index contributed by atoms with van der Waals surface area (Å²) in [4.78, 5) is 3.71. The van der Waals surface area contributed by atoms with E-state index in [4.69, 9.17) is 4.74 Å². The summed E-state index contributed by atoms with van der Waals surface area (Å²) in [7, 11) is 1.70.